The molecule has 0 fully saturated rings. The van der Waals surface area contributed by atoms with Crippen LogP contribution in [0.1, 0.15) is 53.0 Å². The number of amides is 7. The molecule has 7 amide bonds. The summed E-state index contributed by atoms with van der Waals surface area (Å²) in [4.78, 5) is 86.4. The highest BCUT2D eigenvalue weighted by atomic mass is 16.5. The van der Waals surface area contributed by atoms with Gasteiger partial charge in [0.2, 0.25) is 17.7 Å². The van der Waals surface area contributed by atoms with E-state index in [0.717, 1.165) is 17.1 Å². The number of hydrogen-bond donors (Lipinski definition) is 5. The Kier molecular flexibility index (Phi) is 12.4. The smallest absolute Gasteiger partial charge is 0.312 e. The first-order chi connectivity index (χ1) is 20.1. The molecular formula is C29H40N6O8. The van der Waals surface area contributed by atoms with Crippen molar-refractivity contribution in [3.63, 3.8) is 0 Å². The number of primary amides is 1. The number of nitrogens with two attached hydrogens (primary N) is 1. The van der Waals surface area contributed by atoms with E-state index >= 15 is 0 Å². The summed E-state index contributed by atoms with van der Waals surface area (Å²) < 4.78 is 5.30. The number of ether oxygens (including phenoxy) is 1. The second-order valence-electron chi connectivity index (χ2n) is 11.4. The van der Waals surface area contributed by atoms with E-state index < -0.39 is 65.5 Å². The maximum Gasteiger partial charge on any atom is 0.312 e. The van der Waals surface area contributed by atoms with Crippen LogP contribution in [0.4, 0.5) is 10.5 Å². The molecule has 1 heterocycles. The zero-order chi connectivity index (χ0) is 32.3. The number of esters is 1. The lowest BCUT2D eigenvalue weighted by atomic mass is 9.97. The number of urea groups is 1. The third-order valence-electron chi connectivity index (χ3n) is 6.27. The maximum absolute atomic E-state index is 13.2. The van der Waals surface area contributed by atoms with Gasteiger partial charge in [0.1, 0.15) is 25.2 Å². The van der Waals surface area contributed by atoms with Crippen LogP contribution in [0.15, 0.2) is 36.4 Å². The van der Waals surface area contributed by atoms with Gasteiger partial charge in [0, 0.05) is 24.4 Å². The summed E-state index contributed by atoms with van der Waals surface area (Å²) in [6.45, 7) is 8.29. The summed E-state index contributed by atoms with van der Waals surface area (Å²) >= 11 is 0. The molecule has 1 aliphatic heterocycles. The number of nitrogens with one attached hydrogen (secondary N) is 4. The molecule has 0 saturated heterocycles. The van der Waals surface area contributed by atoms with E-state index in [9.17, 15) is 33.6 Å². The summed E-state index contributed by atoms with van der Waals surface area (Å²) in [6.07, 6.45) is 2.52. The quantitative estimate of drug-likeness (QED) is 0.116. The number of imide groups is 1. The third-order valence-corrected chi connectivity index (χ3v) is 6.27. The second kappa shape index (κ2) is 15.5. The van der Waals surface area contributed by atoms with Gasteiger partial charge in [0.25, 0.3) is 11.8 Å². The molecule has 0 aromatic heterocycles. The van der Waals surface area contributed by atoms with Crippen molar-refractivity contribution in [3.8, 4) is 0 Å². The van der Waals surface area contributed by atoms with Crippen LogP contribution < -0.4 is 27.0 Å². The fraction of sp³-hybridized carbons (Fsp3) is 0.483. The predicted molar refractivity (Wildman–Crippen MR) is 156 cm³/mol. The van der Waals surface area contributed by atoms with E-state index in [1.165, 1.54) is 0 Å². The molecule has 2 rings (SSSR count). The van der Waals surface area contributed by atoms with E-state index in [2.05, 4.69) is 21.3 Å². The van der Waals surface area contributed by atoms with Crippen LogP contribution in [-0.4, -0.2) is 71.6 Å². The van der Waals surface area contributed by atoms with Crippen LogP contribution in [0.25, 0.3) is 0 Å². The van der Waals surface area contributed by atoms with Crippen LogP contribution >= 0.6 is 0 Å². The third kappa shape index (κ3) is 11.2. The van der Waals surface area contributed by atoms with Crippen LogP contribution in [0.5, 0.6) is 0 Å². The van der Waals surface area contributed by atoms with E-state index in [0.29, 0.717) is 17.7 Å². The largest absolute Gasteiger partial charge is 0.460 e. The number of hydrogen-bond acceptors (Lipinski definition) is 8. The Morgan fingerprint density at radius 1 is 0.930 bits per heavy atom. The van der Waals surface area contributed by atoms with Gasteiger partial charge in [-0.3, -0.25) is 33.7 Å². The summed E-state index contributed by atoms with van der Waals surface area (Å²) in [5, 5.41) is 10.3. The first kappa shape index (κ1) is 34.5. The van der Waals surface area contributed by atoms with Crippen molar-refractivity contribution in [1.82, 2.24) is 20.9 Å². The number of carbonyl (C=O) groups excluding carboxylic acids is 7. The molecule has 0 aliphatic carbocycles. The maximum atomic E-state index is 13.2. The fourth-order valence-corrected chi connectivity index (χ4v) is 3.81. The van der Waals surface area contributed by atoms with E-state index in [4.69, 9.17) is 10.5 Å². The molecule has 1 unspecified atom stereocenters. The Morgan fingerprint density at radius 3 is 2.07 bits per heavy atom. The van der Waals surface area contributed by atoms with Gasteiger partial charge in [-0.25, -0.2) is 4.79 Å². The predicted octanol–water partition coefficient (Wildman–Crippen LogP) is 0.714. The minimum Gasteiger partial charge on any atom is -0.460 e. The lowest BCUT2D eigenvalue weighted by Crippen LogP contribution is -2.56. The minimum absolute atomic E-state index is 0.0643. The first-order valence-electron chi connectivity index (χ1n) is 13.8. The minimum atomic E-state index is -1.08. The lowest BCUT2D eigenvalue weighted by molar-refractivity contribution is -0.154. The number of nitrogens with zero attached hydrogens (tertiary/aromatic N) is 1. The molecule has 0 spiro atoms. The molecule has 1 aliphatic rings. The Hall–Kier alpha value is -4.75. The molecule has 1 aromatic carbocycles. The molecule has 1 aromatic rings. The highest BCUT2D eigenvalue weighted by molar-refractivity contribution is 6.14. The highest BCUT2D eigenvalue weighted by Gasteiger charge is 2.31. The van der Waals surface area contributed by atoms with E-state index in [-0.39, 0.29) is 25.5 Å². The van der Waals surface area contributed by atoms with Crippen molar-refractivity contribution in [2.45, 2.75) is 66.2 Å². The van der Waals surface area contributed by atoms with Gasteiger partial charge in [-0.05, 0) is 57.2 Å². The molecular weight excluding hydrogens is 560 g/mol. The Balaban J connectivity index is 2.07. The van der Waals surface area contributed by atoms with E-state index in [1.807, 2.05) is 0 Å². The molecule has 2 atom stereocenters. The van der Waals surface area contributed by atoms with Crippen molar-refractivity contribution >= 4 is 47.2 Å². The molecule has 6 N–H and O–H groups in total. The van der Waals surface area contributed by atoms with Crippen LogP contribution in [0, 0.1) is 11.3 Å². The van der Waals surface area contributed by atoms with Crippen molar-refractivity contribution in [2.24, 2.45) is 17.1 Å². The molecule has 234 valence electrons. The number of benzene rings is 1. The van der Waals surface area contributed by atoms with Crippen molar-refractivity contribution in [3.05, 3.63) is 42.0 Å². The van der Waals surface area contributed by atoms with Crippen LogP contribution in [0.3, 0.4) is 0 Å². The van der Waals surface area contributed by atoms with Gasteiger partial charge in [0.05, 0.1) is 5.41 Å². The average Bonchev–Trinajstić information content (AvgIpc) is 3.23. The first-order valence-corrected chi connectivity index (χ1v) is 13.8. The van der Waals surface area contributed by atoms with Crippen molar-refractivity contribution in [1.29, 1.82) is 0 Å². The topological polar surface area (TPSA) is 206 Å². The van der Waals surface area contributed by atoms with Gasteiger partial charge >= 0.3 is 12.0 Å². The Bertz CT molecular complexity index is 1230. The van der Waals surface area contributed by atoms with Crippen LogP contribution in [0.2, 0.25) is 0 Å². The Morgan fingerprint density at radius 2 is 1.53 bits per heavy atom. The summed E-state index contributed by atoms with van der Waals surface area (Å²) in [5.74, 6) is -3.95. The standard InChI is InChI=1S/C29H40N6O8/c1-17(2)24(34-21(36)15-35-22(37)12-13-23(35)38)26(40)33-20(7-6-14-31-28(30)42)25(39)32-19-10-8-18(9-11-19)16-43-27(41)29(3,4)5/h8-13,17,20,24H,6-7,14-16H2,1-5H3,(H,32,39)(H,33,40)(H,34,36)(H3,30,31,42)/t20-,24?/m0/s1. The van der Waals surface area contributed by atoms with Gasteiger partial charge in [-0.15, -0.1) is 0 Å². The molecule has 0 bridgehead atoms. The van der Waals surface area contributed by atoms with Gasteiger partial charge < -0.3 is 31.7 Å². The normalized spacial score (nSPS) is 14.2. The number of rotatable bonds is 14. The van der Waals surface area contributed by atoms with Crippen LogP contribution in [-0.2, 0) is 40.1 Å². The zero-order valence-corrected chi connectivity index (χ0v) is 25.0. The monoisotopic (exact) mass is 600 g/mol. The molecule has 0 saturated carbocycles. The number of carbonyl (C=O) groups is 7. The summed E-state index contributed by atoms with van der Waals surface area (Å²) in [5.41, 5.74) is 5.60. The molecule has 14 heteroatoms. The average molecular weight is 601 g/mol. The van der Waals surface area contributed by atoms with Gasteiger partial charge in [-0.2, -0.15) is 0 Å². The Labute approximate surface area is 250 Å². The molecule has 14 nitrogen and oxygen atoms in total. The SMILES string of the molecule is CC(C)C(NC(=O)CN1C(=O)C=CC1=O)C(=O)N[C@@H](CCCNC(N)=O)C(=O)Nc1ccc(COC(=O)C(C)(C)C)cc1. The zero-order valence-electron chi connectivity index (χ0n) is 25.0. The molecule has 0 radical (unpaired) electrons. The highest BCUT2D eigenvalue weighted by Crippen LogP contribution is 2.18. The lowest BCUT2D eigenvalue weighted by Gasteiger charge is -2.26. The fourth-order valence-electron chi connectivity index (χ4n) is 3.81. The number of anilines is 1. The van der Waals surface area contributed by atoms with Crippen molar-refractivity contribution in [2.75, 3.05) is 18.4 Å². The second-order valence-corrected chi connectivity index (χ2v) is 11.4. The summed E-state index contributed by atoms with van der Waals surface area (Å²) in [6, 6.07) is 3.75. The van der Waals surface area contributed by atoms with E-state index in [1.54, 1.807) is 58.9 Å². The van der Waals surface area contributed by atoms with Gasteiger partial charge in [-0.1, -0.05) is 26.0 Å². The van der Waals surface area contributed by atoms with Gasteiger partial charge in [0.15, 0.2) is 0 Å². The van der Waals surface area contributed by atoms with Crippen molar-refractivity contribution < 1.29 is 38.3 Å². The molecule has 43 heavy (non-hydrogen) atoms. The summed E-state index contributed by atoms with van der Waals surface area (Å²) in [7, 11) is 0.